The first kappa shape index (κ1) is 33.2. The number of aromatic nitrogens is 1. The molecule has 5 rings (SSSR count). The summed E-state index contributed by atoms with van der Waals surface area (Å²) >= 11 is 2.76. The minimum absolute atomic E-state index is 0.116. The Labute approximate surface area is 282 Å². The fourth-order valence-corrected chi connectivity index (χ4v) is 6.07. The van der Waals surface area contributed by atoms with Gasteiger partial charge in [0.15, 0.2) is 5.13 Å². The van der Waals surface area contributed by atoms with Gasteiger partial charge >= 0.3 is 0 Å². The Hall–Kier alpha value is -5.19. The van der Waals surface area contributed by atoms with Crippen molar-refractivity contribution in [1.82, 2.24) is 10.3 Å². The van der Waals surface area contributed by atoms with Gasteiger partial charge in [0.25, 0.3) is 11.8 Å². The summed E-state index contributed by atoms with van der Waals surface area (Å²) in [7, 11) is 0. The molecule has 3 N–H and O–H groups in total. The van der Waals surface area contributed by atoms with Crippen molar-refractivity contribution in [3.8, 4) is 17.0 Å². The van der Waals surface area contributed by atoms with Crippen LogP contribution in [-0.4, -0.2) is 34.6 Å². The molecule has 3 amide bonds. The van der Waals surface area contributed by atoms with Crippen molar-refractivity contribution in [2.75, 3.05) is 17.2 Å². The van der Waals surface area contributed by atoms with Crippen LogP contribution in [0.2, 0.25) is 0 Å². The first-order valence-corrected chi connectivity index (χ1v) is 16.8. The minimum atomic E-state index is -0.460. The van der Waals surface area contributed by atoms with Crippen LogP contribution in [0.3, 0.4) is 0 Å². The summed E-state index contributed by atoms with van der Waals surface area (Å²) in [5, 5.41) is 10.6. The van der Waals surface area contributed by atoms with E-state index in [0.29, 0.717) is 23.0 Å². The third kappa shape index (κ3) is 9.18. The van der Waals surface area contributed by atoms with Crippen LogP contribution in [0.25, 0.3) is 17.3 Å². The first-order chi connectivity index (χ1) is 22.8. The number of benzene rings is 4. The largest absolute Gasteiger partial charge is 0.494 e. The van der Waals surface area contributed by atoms with E-state index in [1.165, 1.54) is 23.1 Å². The molecule has 0 aliphatic rings. The molecule has 0 fully saturated rings. The van der Waals surface area contributed by atoms with Crippen LogP contribution < -0.4 is 20.7 Å². The number of ether oxygens (including phenoxy) is 1. The lowest BCUT2D eigenvalue weighted by Crippen LogP contribution is -2.30. The van der Waals surface area contributed by atoms with Crippen molar-refractivity contribution in [2.24, 2.45) is 0 Å². The average molecular weight is 663 g/mol. The maximum atomic E-state index is 13.4. The number of aryl methyl sites for hydroxylation is 1. The Morgan fingerprint density at radius 1 is 0.894 bits per heavy atom. The number of carbonyl (C=O) groups is 3. The fraction of sp³-hybridized carbons (Fsp3) is 0.135. The molecule has 10 heteroatoms. The lowest BCUT2D eigenvalue weighted by molar-refractivity contribution is -0.115. The molecule has 0 radical (unpaired) electrons. The molecular formula is C37H34N4O4S2. The summed E-state index contributed by atoms with van der Waals surface area (Å²) in [5.41, 5.74) is 4.61. The first-order valence-electron chi connectivity index (χ1n) is 15.0. The smallest absolute Gasteiger partial charge is 0.272 e. The van der Waals surface area contributed by atoms with Gasteiger partial charge in [-0.15, -0.1) is 23.1 Å². The number of thioether (sulfide) groups is 1. The van der Waals surface area contributed by atoms with Gasteiger partial charge in [0, 0.05) is 27.1 Å². The Bertz CT molecular complexity index is 1870. The Kier molecular flexibility index (Phi) is 11.2. The van der Waals surface area contributed by atoms with E-state index in [1.54, 1.807) is 42.5 Å². The van der Waals surface area contributed by atoms with Gasteiger partial charge in [-0.25, -0.2) is 4.98 Å². The lowest BCUT2D eigenvalue weighted by Gasteiger charge is -2.13. The van der Waals surface area contributed by atoms with Crippen molar-refractivity contribution in [3.05, 3.63) is 131 Å². The summed E-state index contributed by atoms with van der Waals surface area (Å²) in [4.78, 5) is 44.7. The highest BCUT2D eigenvalue weighted by Crippen LogP contribution is 2.29. The predicted octanol–water partition coefficient (Wildman–Crippen LogP) is 8.05. The molecule has 0 saturated carbocycles. The van der Waals surface area contributed by atoms with Crippen LogP contribution in [0.4, 0.5) is 10.8 Å². The maximum absolute atomic E-state index is 13.4. The number of anilines is 2. The van der Waals surface area contributed by atoms with Gasteiger partial charge in [0.05, 0.1) is 17.6 Å². The number of hydrogen-bond acceptors (Lipinski definition) is 7. The third-order valence-corrected chi connectivity index (χ3v) is 8.88. The molecule has 0 spiro atoms. The predicted molar refractivity (Wildman–Crippen MR) is 191 cm³/mol. The zero-order valence-corrected chi connectivity index (χ0v) is 27.8. The molecule has 0 bridgehead atoms. The molecule has 8 nitrogen and oxygen atoms in total. The van der Waals surface area contributed by atoms with Gasteiger partial charge in [-0.05, 0) is 98.6 Å². The monoisotopic (exact) mass is 662 g/mol. The van der Waals surface area contributed by atoms with Gasteiger partial charge in [-0.1, -0.05) is 42.5 Å². The van der Waals surface area contributed by atoms with Crippen LogP contribution in [0.5, 0.6) is 5.75 Å². The maximum Gasteiger partial charge on any atom is 0.272 e. The second-order valence-corrected chi connectivity index (χ2v) is 12.7. The number of nitrogens with one attached hydrogen (secondary N) is 3. The van der Waals surface area contributed by atoms with Gasteiger partial charge in [0.1, 0.15) is 11.4 Å². The van der Waals surface area contributed by atoms with Crippen molar-refractivity contribution >= 4 is 57.7 Å². The van der Waals surface area contributed by atoms with E-state index in [-0.39, 0.29) is 17.5 Å². The summed E-state index contributed by atoms with van der Waals surface area (Å²) in [5.74, 6) is -0.211. The second-order valence-electron chi connectivity index (χ2n) is 10.5. The molecule has 4 aromatic carbocycles. The van der Waals surface area contributed by atoms with Gasteiger partial charge < -0.3 is 20.7 Å². The number of carbonyl (C=O) groups excluding carboxylic acids is 3. The molecule has 0 saturated heterocycles. The third-order valence-electron chi connectivity index (χ3n) is 7.01. The summed E-state index contributed by atoms with van der Waals surface area (Å²) in [6.45, 7) is 6.31. The SMILES string of the molecule is CCOc1ccc(-c2csc(NC(=O)C(C)Sc3ccc(NC(=O)/C(=C/c4ccccc4C)NC(=O)c4ccccc4)cc3)n2)cc1. The summed E-state index contributed by atoms with van der Waals surface area (Å²) < 4.78 is 5.50. The number of thiazole rings is 1. The normalized spacial score (nSPS) is 11.8. The lowest BCUT2D eigenvalue weighted by atomic mass is 10.1. The van der Waals surface area contributed by atoms with E-state index in [9.17, 15) is 14.4 Å². The highest BCUT2D eigenvalue weighted by atomic mass is 32.2. The van der Waals surface area contributed by atoms with Crippen LogP contribution in [0.1, 0.15) is 35.3 Å². The number of amides is 3. The fourth-order valence-electron chi connectivity index (χ4n) is 4.48. The standard InChI is InChI=1S/C37H34N4O4S2/c1-4-45-30-18-14-26(15-19-30)33-23-46-37(40-33)41-34(42)25(3)47-31-20-16-29(17-21-31)38-36(44)32(22-28-13-9-8-10-24(28)2)39-35(43)27-11-6-5-7-12-27/h5-23,25H,4H2,1-3H3,(H,38,44)(H,39,43)(H,40,41,42)/b32-22-. The minimum Gasteiger partial charge on any atom is -0.494 e. The highest BCUT2D eigenvalue weighted by molar-refractivity contribution is 8.00. The van der Waals surface area contributed by atoms with E-state index < -0.39 is 11.2 Å². The number of nitrogens with zero attached hydrogens (tertiary/aromatic N) is 1. The number of hydrogen-bond donors (Lipinski definition) is 3. The Morgan fingerprint density at radius 2 is 1.60 bits per heavy atom. The molecule has 1 atom stereocenters. The van der Waals surface area contributed by atoms with E-state index in [2.05, 4.69) is 20.9 Å². The molecule has 0 aliphatic heterocycles. The van der Waals surface area contributed by atoms with Gasteiger partial charge in [-0.3, -0.25) is 14.4 Å². The van der Waals surface area contributed by atoms with E-state index in [4.69, 9.17) is 4.74 Å². The molecule has 47 heavy (non-hydrogen) atoms. The Morgan fingerprint density at radius 3 is 2.30 bits per heavy atom. The quantitative estimate of drug-likeness (QED) is 0.0922. The molecule has 1 unspecified atom stereocenters. The van der Waals surface area contributed by atoms with E-state index in [0.717, 1.165) is 33.0 Å². The van der Waals surface area contributed by atoms with Crippen molar-refractivity contribution < 1.29 is 19.1 Å². The van der Waals surface area contributed by atoms with Crippen molar-refractivity contribution in [1.29, 1.82) is 0 Å². The topological polar surface area (TPSA) is 109 Å². The van der Waals surface area contributed by atoms with E-state index >= 15 is 0 Å². The van der Waals surface area contributed by atoms with Crippen LogP contribution >= 0.6 is 23.1 Å². The molecular weight excluding hydrogens is 629 g/mol. The van der Waals surface area contributed by atoms with Crippen molar-refractivity contribution in [3.63, 3.8) is 0 Å². The highest BCUT2D eigenvalue weighted by Gasteiger charge is 2.18. The van der Waals surface area contributed by atoms with Crippen molar-refractivity contribution in [2.45, 2.75) is 30.9 Å². The molecule has 0 aliphatic carbocycles. The number of rotatable bonds is 12. The van der Waals surface area contributed by atoms with E-state index in [1.807, 2.05) is 92.9 Å². The van der Waals surface area contributed by atoms with Crippen LogP contribution in [0.15, 0.2) is 119 Å². The molecule has 238 valence electrons. The molecule has 1 aromatic heterocycles. The zero-order valence-electron chi connectivity index (χ0n) is 26.2. The van der Waals surface area contributed by atoms with Gasteiger partial charge in [-0.2, -0.15) is 0 Å². The average Bonchev–Trinajstić information content (AvgIpc) is 3.55. The summed E-state index contributed by atoms with van der Waals surface area (Å²) in [6, 6.07) is 31.2. The molecule has 5 aromatic rings. The van der Waals surface area contributed by atoms with Crippen LogP contribution in [-0.2, 0) is 9.59 Å². The second kappa shape index (κ2) is 15.9. The Balaban J connectivity index is 1.20. The zero-order chi connectivity index (χ0) is 33.2. The summed E-state index contributed by atoms with van der Waals surface area (Å²) in [6.07, 6.45) is 1.67. The van der Waals surface area contributed by atoms with Gasteiger partial charge in [0.2, 0.25) is 5.91 Å². The molecule has 1 heterocycles. The van der Waals surface area contributed by atoms with Crippen LogP contribution in [0, 0.1) is 6.92 Å².